The molecule has 0 aliphatic heterocycles. The fraction of sp³-hybridized carbons (Fsp3) is 1.00. The summed E-state index contributed by atoms with van der Waals surface area (Å²) in [4.78, 5) is 0. The number of rotatable bonds is 11. The van der Waals surface area contributed by atoms with Gasteiger partial charge in [0.25, 0.3) is 0 Å². The summed E-state index contributed by atoms with van der Waals surface area (Å²) >= 11 is 0. The second-order valence-corrected chi connectivity index (χ2v) is 25.0. The third-order valence-corrected chi connectivity index (χ3v) is 18.3. The highest BCUT2D eigenvalue weighted by Gasteiger charge is 2.38. The van der Waals surface area contributed by atoms with Crippen molar-refractivity contribution in [3.05, 3.63) is 0 Å². The van der Waals surface area contributed by atoms with Crippen molar-refractivity contribution in [3.8, 4) is 0 Å². The molecule has 0 unspecified atom stereocenters. The predicted molar refractivity (Wildman–Crippen MR) is 105 cm³/mol. The largest absolute Gasteiger partial charge is 0.456 e. The molecule has 0 bridgehead atoms. The summed E-state index contributed by atoms with van der Waals surface area (Å²) in [5.74, 6) is 0. The highest BCUT2D eigenvalue weighted by Crippen LogP contribution is 2.29. The van der Waals surface area contributed by atoms with Crippen LogP contribution in [0.4, 0.5) is 0 Å². The Kier molecular flexibility index (Phi) is 8.98. The second kappa shape index (κ2) is 8.70. The molecule has 0 spiro atoms. The van der Waals surface area contributed by atoms with E-state index in [0.29, 0.717) is 0 Å². The van der Waals surface area contributed by atoms with E-state index in [9.17, 15) is 0 Å². The Morgan fingerprint density at radius 3 is 1.23 bits per heavy atom. The van der Waals surface area contributed by atoms with Gasteiger partial charge in [-0.1, -0.05) is 0 Å². The van der Waals surface area contributed by atoms with E-state index in [2.05, 4.69) is 45.8 Å². The summed E-state index contributed by atoms with van der Waals surface area (Å²) < 4.78 is 23.6. The van der Waals surface area contributed by atoms with Crippen LogP contribution in [0.1, 0.15) is 0 Å². The Bertz CT molecular complexity index is 331. The molecule has 4 nitrogen and oxygen atoms in total. The predicted octanol–water partition coefficient (Wildman–Crippen LogP) is 4.63. The smallest absolute Gasteiger partial charge is 0.334 e. The topological polar surface area (TPSA) is 36.9 Å². The Balaban J connectivity index is 4.55. The summed E-state index contributed by atoms with van der Waals surface area (Å²) in [5.41, 5.74) is 0. The zero-order valence-electron chi connectivity index (χ0n) is 16.5. The third kappa shape index (κ3) is 9.11. The van der Waals surface area contributed by atoms with Crippen LogP contribution in [0.15, 0.2) is 0 Å². The third-order valence-electron chi connectivity index (χ3n) is 4.48. The van der Waals surface area contributed by atoms with E-state index < -0.39 is 33.5 Å². The van der Waals surface area contributed by atoms with Crippen LogP contribution in [0.3, 0.4) is 0 Å². The molecule has 0 fully saturated rings. The Hall–Kier alpha value is 0.708. The minimum atomic E-state index is -1.98. The van der Waals surface area contributed by atoms with Crippen molar-refractivity contribution in [2.24, 2.45) is 0 Å². The van der Waals surface area contributed by atoms with Crippen LogP contribution in [0, 0.1) is 0 Å². The maximum absolute atomic E-state index is 6.71. The average Bonchev–Trinajstić information content (AvgIpc) is 2.42. The van der Waals surface area contributed by atoms with Crippen LogP contribution in [0.2, 0.25) is 70.0 Å². The molecule has 0 heterocycles. The van der Waals surface area contributed by atoms with Crippen molar-refractivity contribution in [3.63, 3.8) is 0 Å². The molecule has 0 aromatic heterocycles. The molecule has 8 heteroatoms. The van der Waals surface area contributed by atoms with E-state index in [-0.39, 0.29) is 0 Å². The van der Waals surface area contributed by atoms with Crippen molar-refractivity contribution in [2.45, 2.75) is 70.0 Å². The fourth-order valence-corrected chi connectivity index (χ4v) is 19.0. The van der Waals surface area contributed by atoms with E-state index in [4.69, 9.17) is 17.4 Å². The van der Waals surface area contributed by atoms with Gasteiger partial charge in [0.1, 0.15) is 0 Å². The van der Waals surface area contributed by atoms with Gasteiger partial charge in [0.05, 0.1) is 0 Å². The van der Waals surface area contributed by atoms with Gasteiger partial charge < -0.3 is 17.4 Å². The first kappa shape index (κ1) is 22.7. The average molecular weight is 383 g/mol. The number of hydrogen-bond donors (Lipinski definition) is 0. The van der Waals surface area contributed by atoms with Crippen LogP contribution in [-0.4, -0.2) is 54.8 Å². The molecular weight excluding hydrogens is 344 g/mol. The summed E-state index contributed by atoms with van der Waals surface area (Å²) in [5, 5.41) is 0. The Labute approximate surface area is 142 Å². The molecule has 0 aliphatic carbocycles. The van der Waals surface area contributed by atoms with Gasteiger partial charge in [-0.25, -0.2) is 0 Å². The minimum absolute atomic E-state index is 1.02. The lowest BCUT2D eigenvalue weighted by atomic mass is 10.9. The van der Waals surface area contributed by atoms with Gasteiger partial charge in [-0.2, -0.15) is 0 Å². The molecule has 0 rings (SSSR count). The zero-order valence-corrected chi connectivity index (χ0v) is 20.5. The van der Waals surface area contributed by atoms with Crippen molar-refractivity contribution in [1.82, 2.24) is 0 Å². The van der Waals surface area contributed by atoms with Gasteiger partial charge >= 0.3 is 8.56 Å². The van der Waals surface area contributed by atoms with Gasteiger partial charge in [-0.15, -0.1) is 0 Å². The lowest BCUT2D eigenvalue weighted by molar-refractivity contribution is 0.250. The highest BCUT2D eigenvalue weighted by atomic mass is 28.4. The first-order valence-electron chi connectivity index (χ1n) is 8.16. The number of hydrogen-bond acceptors (Lipinski definition) is 4. The SMILES string of the molecule is CO[Si](C)(C)CC[Si](C)(C)O[Si](C)(C)CC[Si](C)(OC)OC. The molecule has 0 amide bonds. The van der Waals surface area contributed by atoms with Crippen LogP contribution in [0.5, 0.6) is 0 Å². The summed E-state index contributed by atoms with van der Waals surface area (Å²) in [7, 11) is -1.39. The maximum Gasteiger partial charge on any atom is 0.334 e. The van der Waals surface area contributed by atoms with Crippen LogP contribution < -0.4 is 0 Å². The van der Waals surface area contributed by atoms with Crippen molar-refractivity contribution >= 4 is 33.5 Å². The summed E-state index contributed by atoms with van der Waals surface area (Å²) in [6.45, 7) is 16.1. The molecule has 22 heavy (non-hydrogen) atoms. The quantitative estimate of drug-likeness (QED) is 0.488. The van der Waals surface area contributed by atoms with Crippen LogP contribution in [0.25, 0.3) is 0 Å². The Morgan fingerprint density at radius 2 is 0.864 bits per heavy atom. The first-order valence-corrected chi connectivity index (χ1v) is 20.0. The molecule has 0 N–H and O–H groups in total. The Morgan fingerprint density at radius 1 is 0.500 bits per heavy atom. The fourth-order valence-electron chi connectivity index (χ4n) is 2.37. The van der Waals surface area contributed by atoms with E-state index in [1.165, 1.54) is 12.1 Å². The highest BCUT2D eigenvalue weighted by molar-refractivity contribution is 6.86. The monoisotopic (exact) mass is 382 g/mol. The minimum Gasteiger partial charge on any atom is -0.456 e. The van der Waals surface area contributed by atoms with Crippen molar-refractivity contribution in [1.29, 1.82) is 0 Å². The van der Waals surface area contributed by atoms with Crippen molar-refractivity contribution < 1.29 is 17.4 Å². The standard InChI is InChI=1S/C14H38O4Si4/c1-15-19(4,5)11-12-20(6,7)18-21(8,9)13-14-22(10,16-2)17-3/h11-14H2,1-10H3. The van der Waals surface area contributed by atoms with Gasteiger partial charge in [-0.05, 0) is 70.0 Å². The van der Waals surface area contributed by atoms with Crippen LogP contribution >= 0.6 is 0 Å². The van der Waals surface area contributed by atoms with Crippen LogP contribution in [-0.2, 0) is 17.4 Å². The molecule has 0 atom stereocenters. The molecule has 0 saturated heterocycles. The van der Waals surface area contributed by atoms with E-state index in [0.717, 1.165) is 12.1 Å². The van der Waals surface area contributed by atoms with E-state index in [1.807, 2.05) is 7.11 Å². The maximum atomic E-state index is 6.71. The zero-order chi connectivity index (χ0) is 17.7. The first-order chi connectivity index (χ1) is 9.80. The molecule has 0 aromatic rings. The second-order valence-electron chi connectivity index (χ2n) is 8.13. The molecule has 0 aromatic carbocycles. The van der Waals surface area contributed by atoms with E-state index >= 15 is 0 Å². The molecular formula is C14H38O4Si4. The normalized spacial score (nSPS) is 14.5. The van der Waals surface area contributed by atoms with E-state index in [1.54, 1.807) is 14.2 Å². The van der Waals surface area contributed by atoms with Gasteiger partial charge in [0, 0.05) is 21.3 Å². The summed E-state index contributed by atoms with van der Waals surface area (Å²) in [6.07, 6.45) is 0. The van der Waals surface area contributed by atoms with Gasteiger partial charge in [0.2, 0.25) is 0 Å². The molecule has 0 saturated carbocycles. The van der Waals surface area contributed by atoms with Gasteiger partial charge in [0.15, 0.2) is 25.0 Å². The van der Waals surface area contributed by atoms with Gasteiger partial charge in [-0.3, -0.25) is 0 Å². The molecule has 134 valence electrons. The lowest BCUT2D eigenvalue weighted by Crippen LogP contribution is -2.47. The lowest BCUT2D eigenvalue weighted by Gasteiger charge is -2.36. The molecule has 0 radical (unpaired) electrons. The molecule has 0 aliphatic rings. The van der Waals surface area contributed by atoms with Crippen molar-refractivity contribution in [2.75, 3.05) is 21.3 Å². The summed E-state index contributed by atoms with van der Waals surface area (Å²) in [6, 6.07) is 4.51.